The van der Waals surface area contributed by atoms with Gasteiger partial charge in [0.05, 0.1) is 23.5 Å². The van der Waals surface area contributed by atoms with Crippen molar-refractivity contribution < 1.29 is 4.79 Å². The second-order valence-corrected chi connectivity index (χ2v) is 4.85. The molecule has 0 aliphatic heterocycles. The number of nitrogens with zero attached hydrogens (tertiary/aromatic N) is 3. The number of hydrogen-bond acceptors (Lipinski definition) is 4. The molecule has 21 heavy (non-hydrogen) atoms. The molecule has 6 heteroatoms. The van der Waals surface area contributed by atoms with Crippen molar-refractivity contribution in [3.8, 4) is 5.69 Å². The van der Waals surface area contributed by atoms with Gasteiger partial charge in [0.1, 0.15) is 0 Å². The lowest BCUT2D eigenvalue weighted by atomic mass is 10.2. The second-order valence-electron chi connectivity index (χ2n) is 4.85. The molecule has 0 aliphatic carbocycles. The summed E-state index contributed by atoms with van der Waals surface area (Å²) < 4.78 is 1.75. The molecule has 0 aliphatic rings. The third kappa shape index (κ3) is 4.13. The Morgan fingerprint density at radius 3 is 2.71 bits per heavy atom. The molecule has 6 nitrogen and oxygen atoms in total. The number of amides is 1. The highest BCUT2D eigenvalue weighted by Crippen LogP contribution is 2.11. The molecule has 0 unspecified atom stereocenters. The first-order valence-corrected chi connectivity index (χ1v) is 7.10. The van der Waals surface area contributed by atoms with Crippen molar-refractivity contribution in [2.45, 2.75) is 19.8 Å². The Morgan fingerprint density at radius 2 is 2.00 bits per heavy atom. The van der Waals surface area contributed by atoms with Gasteiger partial charge in [-0.25, -0.2) is 4.68 Å². The van der Waals surface area contributed by atoms with Crippen molar-refractivity contribution in [2.24, 2.45) is 0 Å². The third-order valence-electron chi connectivity index (χ3n) is 3.24. The fourth-order valence-corrected chi connectivity index (χ4v) is 2.05. The number of aromatic nitrogens is 3. The molecule has 1 heterocycles. The van der Waals surface area contributed by atoms with E-state index in [1.54, 1.807) is 4.68 Å². The van der Waals surface area contributed by atoms with Crippen molar-refractivity contribution in [2.75, 3.05) is 20.1 Å². The quantitative estimate of drug-likeness (QED) is 0.740. The van der Waals surface area contributed by atoms with E-state index in [9.17, 15) is 4.79 Å². The molecule has 0 fully saturated rings. The molecular formula is C15H21N5O. The van der Waals surface area contributed by atoms with Gasteiger partial charge in [0.15, 0.2) is 0 Å². The number of para-hydroxylation sites is 1. The van der Waals surface area contributed by atoms with Gasteiger partial charge in [0.2, 0.25) is 5.91 Å². The molecule has 0 spiro atoms. The Kier molecular flexibility index (Phi) is 5.45. The molecule has 2 rings (SSSR count). The molecule has 2 aromatic rings. The molecule has 0 atom stereocenters. The summed E-state index contributed by atoms with van der Waals surface area (Å²) in [7, 11) is 1.90. The largest absolute Gasteiger partial charge is 0.356 e. The van der Waals surface area contributed by atoms with Gasteiger partial charge < -0.3 is 10.6 Å². The summed E-state index contributed by atoms with van der Waals surface area (Å²) in [6.07, 6.45) is 1.18. The second kappa shape index (κ2) is 7.54. The van der Waals surface area contributed by atoms with Crippen LogP contribution in [0.15, 0.2) is 30.3 Å². The predicted molar refractivity (Wildman–Crippen MR) is 81.4 cm³/mol. The molecule has 1 aromatic carbocycles. The van der Waals surface area contributed by atoms with Crippen molar-refractivity contribution in [1.29, 1.82) is 0 Å². The first-order chi connectivity index (χ1) is 10.2. The minimum absolute atomic E-state index is 0.0192. The van der Waals surface area contributed by atoms with Crippen LogP contribution in [-0.2, 0) is 11.2 Å². The van der Waals surface area contributed by atoms with Crippen molar-refractivity contribution in [3.05, 3.63) is 41.7 Å². The van der Waals surface area contributed by atoms with E-state index in [0.29, 0.717) is 12.2 Å². The summed E-state index contributed by atoms with van der Waals surface area (Å²) >= 11 is 0. The number of carbonyl (C=O) groups is 1. The standard InChI is InChI=1S/C15H21N5O/c1-12-14(11-15(21)17-10-6-9-16-2)18-19-20(12)13-7-4-3-5-8-13/h3-5,7-8,16H,6,9-11H2,1-2H3,(H,17,21). The van der Waals surface area contributed by atoms with Crippen LogP contribution in [0.4, 0.5) is 0 Å². The van der Waals surface area contributed by atoms with E-state index >= 15 is 0 Å². The molecule has 0 bridgehead atoms. The maximum absolute atomic E-state index is 11.9. The topological polar surface area (TPSA) is 71.8 Å². The summed E-state index contributed by atoms with van der Waals surface area (Å²) in [6.45, 7) is 3.49. The van der Waals surface area contributed by atoms with Crippen LogP contribution in [0.5, 0.6) is 0 Å². The van der Waals surface area contributed by atoms with Gasteiger partial charge in [0, 0.05) is 6.54 Å². The summed E-state index contributed by atoms with van der Waals surface area (Å²) in [5.41, 5.74) is 2.56. The number of carbonyl (C=O) groups excluding carboxylic acids is 1. The lowest BCUT2D eigenvalue weighted by molar-refractivity contribution is -0.120. The van der Waals surface area contributed by atoms with Crippen molar-refractivity contribution in [1.82, 2.24) is 25.6 Å². The predicted octanol–water partition coefficient (Wildman–Crippen LogP) is 0.844. The fourth-order valence-electron chi connectivity index (χ4n) is 2.05. The van der Waals surface area contributed by atoms with Crippen LogP contribution in [0.1, 0.15) is 17.8 Å². The monoisotopic (exact) mass is 287 g/mol. The highest BCUT2D eigenvalue weighted by atomic mass is 16.1. The lowest BCUT2D eigenvalue weighted by Crippen LogP contribution is -2.28. The first-order valence-electron chi connectivity index (χ1n) is 7.10. The minimum Gasteiger partial charge on any atom is -0.356 e. The molecule has 1 amide bonds. The van der Waals surface area contributed by atoms with Gasteiger partial charge in [0.25, 0.3) is 0 Å². The normalized spacial score (nSPS) is 10.6. The summed E-state index contributed by atoms with van der Waals surface area (Å²) in [6, 6.07) is 9.77. The SMILES string of the molecule is CNCCCNC(=O)Cc1nnn(-c2ccccc2)c1C. The van der Waals surface area contributed by atoms with E-state index in [2.05, 4.69) is 20.9 Å². The summed E-state index contributed by atoms with van der Waals surface area (Å²) in [5, 5.41) is 14.2. The highest BCUT2D eigenvalue weighted by molar-refractivity contribution is 5.78. The Balaban J connectivity index is 1.96. The van der Waals surface area contributed by atoms with E-state index < -0.39 is 0 Å². The molecular weight excluding hydrogens is 266 g/mol. The number of hydrogen-bond donors (Lipinski definition) is 2. The van der Waals surface area contributed by atoms with E-state index in [1.807, 2.05) is 44.3 Å². The third-order valence-corrected chi connectivity index (χ3v) is 3.24. The maximum Gasteiger partial charge on any atom is 0.226 e. The van der Waals surface area contributed by atoms with Crippen LogP contribution >= 0.6 is 0 Å². The van der Waals surface area contributed by atoms with Gasteiger partial charge in [-0.3, -0.25) is 4.79 Å². The van der Waals surface area contributed by atoms with Crippen LogP contribution in [0.2, 0.25) is 0 Å². The van der Waals surface area contributed by atoms with Gasteiger partial charge in [-0.05, 0) is 39.1 Å². The van der Waals surface area contributed by atoms with Gasteiger partial charge in [-0.2, -0.15) is 0 Å². The lowest BCUT2D eigenvalue weighted by Gasteiger charge is -2.05. The van der Waals surface area contributed by atoms with E-state index in [4.69, 9.17) is 0 Å². The van der Waals surface area contributed by atoms with Crippen LogP contribution in [0.3, 0.4) is 0 Å². The summed E-state index contributed by atoms with van der Waals surface area (Å²) in [4.78, 5) is 11.9. The zero-order valence-electron chi connectivity index (χ0n) is 12.5. The zero-order chi connectivity index (χ0) is 15.1. The van der Waals surface area contributed by atoms with Gasteiger partial charge >= 0.3 is 0 Å². The summed E-state index contributed by atoms with van der Waals surface area (Å²) in [5.74, 6) is -0.0192. The molecule has 2 N–H and O–H groups in total. The van der Waals surface area contributed by atoms with Gasteiger partial charge in [-0.1, -0.05) is 23.4 Å². The zero-order valence-corrected chi connectivity index (χ0v) is 12.5. The van der Waals surface area contributed by atoms with E-state index in [0.717, 1.165) is 24.3 Å². The van der Waals surface area contributed by atoms with Crippen LogP contribution in [0.25, 0.3) is 5.69 Å². The maximum atomic E-state index is 11.9. The fraction of sp³-hybridized carbons (Fsp3) is 0.400. The van der Waals surface area contributed by atoms with Crippen LogP contribution in [0, 0.1) is 6.92 Å². The molecule has 0 saturated carbocycles. The minimum atomic E-state index is -0.0192. The first kappa shape index (κ1) is 15.2. The van der Waals surface area contributed by atoms with Crippen molar-refractivity contribution >= 4 is 5.91 Å². The van der Waals surface area contributed by atoms with Crippen LogP contribution < -0.4 is 10.6 Å². The number of nitrogens with one attached hydrogen (secondary N) is 2. The average molecular weight is 287 g/mol. The average Bonchev–Trinajstić information content (AvgIpc) is 2.86. The molecule has 0 saturated heterocycles. The van der Waals surface area contributed by atoms with E-state index in [1.165, 1.54) is 0 Å². The number of benzene rings is 1. The Labute approximate surface area is 124 Å². The van der Waals surface area contributed by atoms with Crippen LogP contribution in [-0.4, -0.2) is 41.0 Å². The Morgan fingerprint density at radius 1 is 1.24 bits per heavy atom. The smallest absolute Gasteiger partial charge is 0.226 e. The molecule has 112 valence electrons. The van der Waals surface area contributed by atoms with Gasteiger partial charge in [-0.15, -0.1) is 5.10 Å². The van der Waals surface area contributed by atoms with E-state index in [-0.39, 0.29) is 12.3 Å². The van der Waals surface area contributed by atoms with Crippen molar-refractivity contribution in [3.63, 3.8) is 0 Å². The molecule has 1 aromatic heterocycles. The molecule has 0 radical (unpaired) electrons. The highest BCUT2D eigenvalue weighted by Gasteiger charge is 2.13. The Hall–Kier alpha value is -2.21. The number of rotatable bonds is 7. The Bertz CT molecular complexity index is 579.